The zero-order valence-corrected chi connectivity index (χ0v) is 15.5. The molecule has 6 heteroatoms. The van der Waals surface area contributed by atoms with Crippen LogP contribution < -0.4 is 21.1 Å². The smallest absolute Gasteiger partial charge is 0.159 e. The van der Waals surface area contributed by atoms with Crippen LogP contribution in [0, 0.1) is 0 Å². The largest absolute Gasteiger partial charge is 0.494 e. The van der Waals surface area contributed by atoms with Gasteiger partial charge >= 0.3 is 0 Å². The van der Waals surface area contributed by atoms with E-state index < -0.39 is 0 Å². The topological polar surface area (TPSA) is 85.1 Å². The molecule has 0 bridgehead atoms. The molecule has 0 saturated heterocycles. The second kappa shape index (κ2) is 9.43. The first-order chi connectivity index (χ1) is 13.3. The van der Waals surface area contributed by atoms with Gasteiger partial charge in [-0.15, -0.1) is 0 Å². The molecular formula is C21H25N5O. The standard InChI is InChI=1S/C21H25N5O/c1-2-3-13-27-18-11-9-17(10-12-18)26-21-19(22)20(24-15-25-21)23-14-16-7-5-4-6-8-16/h4-12,15H,2-3,13-14,22H2,1H3,(H2,23,24,25,26). The van der Waals surface area contributed by atoms with E-state index in [-0.39, 0.29) is 0 Å². The zero-order valence-electron chi connectivity index (χ0n) is 15.5. The lowest BCUT2D eigenvalue weighted by Gasteiger charge is -2.13. The highest BCUT2D eigenvalue weighted by Gasteiger charge is 2.08. The molecule has 0 atom stereocenters. The van der Waals surface area contributed by atoms with Crippen LogP contribution in [0.15, 0.2) is 60.9 Å². The van der Waals surface area contributed by atoms with Gasteiger partial charge in [0.1, 0.15) is 17.8 Å². The van der Waals surface area contributed by atoms with Gasteiger partial charge in [-0.2, -0.15) is 0 Å². The zero-order chi connectivity index (χ0) is 18.9. The number of hydrogen-bond donors (Lipinski definition) is 3. The van der Waals surface area contributed by atoms with Crippen molar-refractivity contribution < 1.29 is 4.74 Å². The molecule has 0 fully saturated rings. The van der Waals surface area contributed by atoms with Gasteiger partial charge in [0.15, 0.2) is 11.6 Å². The number of rotatable bonds is 9. The molecule has 0 unspecified atom stereocenters. The lowest BCUT2D eigenvalue weighted by atomic mass is 10.2. The summed E-state index contributed by atoms with van der Waals surface area (Å²) < 4.78 is 5.68. The number of nitrogen functional groups attached to an aromatic ring is 1. The summed E-state index contributed by atoms with van der Waals surface area (Å²) in [6, 6.07) is 17.9. The first kappa shape index (κ1) is 18.5. The minimum Gasteiger partial charge on any atom is -0.494 e. The van der Waals surface area contributed by atoms with Gasteiger partial charge in [0.25, 0.3) is 0 Å². The Bertz CT molecular complexity index is 837. The van der Waals surface area contributed by atoms with Crippen molar-refractivity contribution in [3.8, 4) is 5.75 Å². The molecule has 3 rings (SSSR count). The number of nitrogens with two attached hydrogens (primary N) is 1. The Kier molecular flexibility index (Phi) is 6.46. The van der Waals surface area contributed by atoms with Crippen molar-refractivity contribution in [2.45, 2.75) is 26.3 Å². The second-order valence-corrected chi connectivity index (χ2v) is 6.18. The van der Waals surface area contributed by atoms with Crippen LogP contribution >= 0.6 is 0 Å². The molecule has 140 valence electrons. The quantitative estimate of drug-likeness (QED) is 0.482. The van der Waals surface area contributed by atoms with Gasteiger partial charge in [0.05, 0.1) is 6.61 Å². The molecule has 2 aromatic carbocycles. The predicted octanol–water partition coefficient (Wildman–Crippen LogP) is 4.59. The number of aromatic nitrogens is 2. The third-order valence-electron chi connectivity index (χ3n) is 4.07. The lowest BCUT2D eigenvalue weighted by Crippen LogP contribution is -2.08. The van der Waals surface area contributed by atoms with Crippen LogP contribution in [0.25, 0.3) is 0 Å². The van der Waals surface area contributed by atoms with Crippen LogP contribution in [0.3, 0.4) is 0 Å². The van der Waals surface area contributed by atoms with Crippen molar-refractivity contribution in [1.82, 2.24) is 9.97 Å². The number of ether oxygens (including phenoxy) is 1. The van der Waals surface area contributed by atoms with Crippen LogP contribution in [0.2, 0.25) is 0 Å². The maximum atomic E-state index is 6.23. The summed E-state index contributed by atoms with van der Waals surface area (Å²) in [4.78, 5) is 8.50. The summed E-state index contributed by atoms with van der Waals surface area (Å²) in [5, 5.41) is 6.49. The molecule has 0 spiro atoms. The highest BCUT2D eigenvalue weighted by atomic mass is 16.5. The number of hydrogen-bond acceptors (Lipinski definition) is 6. The van der Waals surface area contributed by atoms with Gasteiger partial charge in [0, 0.05) is 12.2 Å². The number of anilines is 4. The normalized spacial score (nSPS) is 10.4. The number of nitrogens with zero attached hydrogens (tertiary/aromatic N) is 2. The van der Waals surface area contributed by atoms with Crippen LogP contribution in [-0.2, 0) is 6.54 Å². The summed E-state index contributed by atoms with van der Waals surface area (Å²) >= 11 is 0. The van der Waals surface area contributed by atoms with Crippen LogP contribution in [-0.4, -0.2) is 16.6 Å². The lowest BCUT2D eigenvalue weighted by molar-refractivity contribution is 0.309. The average Bonchev–Trinajstić information content (AvgIpc) is 2.71. The fourth-order valence-electron chi connectivity index (χ4n) is 2.52. The Balaban J connectivity index is 1.63. The molecule has 0 amide bonds. The van der Waals surface area contributed by atoms with Crippen molar-refractivity contribution in [2.24, 2.45) is 0 Å². The first-order valence-corrected chi connectivity index (χ1v) is 9.14. The molecule has 0 radical (unpaired) electrons. The summed E-state index contributed by atoms with van der Waals surface area (Å²) in [6.07, 6.45) is 3.66. The molecule has 6 nitrogen and oxygen atoms in total. The van der Waals surface area contributed by atoms with Gasteiger partial charge in [-0.1, -0.05) is 43.7 Å². The van der Waals surface area contributed by atoms with Crippen molar-refractivity contribution in [3.05, 3.63) is 66.5 Å². The van der Waals surface area contributed by atoms with E-state index in [1.165, 1.54) is 6.33 Å². The SMILES string of the molecule is CCCCOc1ccc(Nc2ncnc(NCc3ccccc3)c2N)cc1. The van der Waals surface area contributed by atoms with Gasteiger partial charge in [0.2, 0.25) is 0 Å². The molecular weight excluding hydrogens is 338 g/mol. The van der Waals surface area contributed by atoms with E-state index in [0.717, 1.165) is 36.4 Å². The van der Waals surface area contributed by atoms with E-state index in [2.05, 4.69) is 27.5 Å². The molecule has 0 aliphatic heterocycles. The van der Waals surface area contributed by atoms with Crippen molar-refractivity contribution in [2.75, 3.05) is 23.0 Å². The Morgan fingerprint density at radius 1 is 0.963 bits per heavy atom. The van der Waals surface area contributed by atoms with Crippen molar-refractivity contribution in [1.29, 1.82) is 0 Å². The Morgan fingerprint density at radius 2 is 1.70 bits per heavy atom. The molecule has 3 aromatic rings. The molecule has 0 aliphatic rings. The Labute approximate surface area is 159 Å². The van der Waals surface area contributed by atoms with Gasteiger partial charge in [-0.05, 0) is 36.2 Å². The van der Waals surface area contributed by atoms with Crippen LogP contribution in [0.1, 0.15) is 25.3 Å². The van der Waals surface area contributed by atoms with Crippen LogP contribution in [0.5, 0.6) is 5.75 Å². The number of nitrogens with one attached hydrogen (secondary N) is 2. The number of unbranched alkanes of at least 4 members (excludes halogenated alkanes) is 1. The molecule has 0 aliphatic carbocycles. The second-order valence-electron chi connectivity index (χ2n) is 6.18. The summed E-state index contributed by atoms with van der Waals surface area (Å²) in [5.74, 6) is 2.03. The van der Waals surface area contributed by atoms with E-state index in [1.807, 2.05) is 54.6 Å². The minimum atomic E-state index is 0.483. The summed E-state index contributed by atoms with van der Waals surface area (Å²) in [5.41, 5.74) is 8.76. The maximum absolute atomic E-state index is 6.23. The minimum absolute atomic E-state index is 0.483. The van der Waals surface area contributed by atoms with Crippen LogP contribution in [0.4, 0.5) is 23.0 Å². The monoisotopic (exact) mass is 363 g/mol. The first-order valence-electron chi connectivity index (χ1n) is 9.14. The van der Waals surface area contributed by atoms with E-state index in [1.54, 1.807) is 0 Å². The van der Waals surface area contributed by atoms with Gasteiger partial charge in [-0.25, -0.2) is 9.97 Å². The van der Waals surface area contributed by atoms with E-state index in [0.29, 0.717) is 23.9 Å². The average molecular weight is 363 g/mol. The van der Waals surface area contributed by atoms with Crippen molar-refractivity contribution >= 4 is 23.0 Å². The molecule has 27 heavy (non-hydrogen) atoms. The maximum Gasteiger partial charge on any atom is 0.159 e. The van der Waals surface area contributed by atoms with E-state index in [4.69, 9.17) is 10.5 Å². The fourth-order valence-corrected chi connectivity index (χ4v) is 2.52. The molecule has 0 saturated carbocycles. The highest BCUT2D eigenvalue weighted by molar-refractivity contribution is 5.77. The summed E-state index contributed by atoms with van der Waals surface area (Å²) in [6.45, 7) is 3.52. The Morgan fingerprint density at radius 3 is 2.44 bits per heavy atom. The summed E-state index contributed by atoms with van der Waals surface area (Å²) in [7, 11) is 0. The molecule has 1 heterocycles. The van der Waals surface area contributed by atoms with E-state index in [9.17, 15) is 0 Å². The van der Waals surface area contributed by atoms with E-state index >= 15 is 0 Å². The van der Waals surface area contributed by atoms with Crippen molar-refractivity contribution in [3.63, 3.8) is 0 Å². The molecule has 4 N–H and O–H groups in total. The van der Waals surface area contributed by atoms with Gasteiger partial charge in [-0.3, -0.25) is 0 Å². The number of benzene rings is 2. The highest BCUT2D eigenvalue weighted by Crippen LogP contribution is 2.27. The van der Waals surface area contributed by atoms with Gasteiger partial charge < -0.3 is 21.1 Å². The third kappa shape index (κ3) is 5.34. The molecule has 1 aromatic heterocycles. The predicted molar refractivity (Wildman–Crippen MR) is 110 cm³/mol. The fraction of sp³-hybridized carbons (Fsp3) is 0.238. The third-order valence-corrected chi connectivity index (χ3v) is 4.07. The Hall–Kier alpha value is -3.28.